The molecule has 0 N–H and O–H groups in total. The lowest BCUT2D eigenvalue weighted by atomic mass is 9.97. The maximum atomic E-state index is 13.1. The summed E-state index contributed by atoms with van der Waals surface area (Å²) in [4.78, 5) is 6.41. The van der Waals surface area contributed by atoms with Gasteiger partial charge in [-0.05, 0) is 24.7 Å². The van der Waals surface area contributed by atoms with Crippen LogP contribution >= 0.6 is 0 Å². The Kier molecular flexibility index (Phi) is 4.18. The van der Waals surface area contributed by atoms with Gasteiger partial charge in [-0.25, -0.2) is 4.39 Å². The van der Waals surface area contributed by atoms with Gasteiger partial charge in [0.05, 0.1) is 6.54 Å². The Morgan fingerprint density at radius 1 is 1.25 bits per heavy atom. The summed E-state index contributed by atoms with van der Waals surface area (Å²) in [5.41, 5.74) is 0.777. The summed E-state index contributed by atoms with van der Waals surface area (Å²) in [7, 11) is 1.94. The average molecular weight is 277 g/mol. The zero-order valence-corrected chi connectivity index (χ0v) is 12.4. The molecule has 0 radical (unpaired) electrons. The van der Waals surface area contributed by atoms with Gasteiger partial charge in [-0.3, -0.25) is 4.90 Å². The standard InChI is InChI=1S/C15H20FN3O/c1-15(2,3)14-17-13(18-20-14)10-19(4)9-11-6-5-7-12(16)8-11/h5-8H,9-10H2,1-4H3. The molecular weight excluding hydrogens is 257 g/mol. The molecule has 1 aromatic carbocycles. The number of aromatic nitrogens is 2. The van der Waals surface area contributed by atoms with Gasteiger partial charge in [0.2, 0.25) is 5.89 Å². The molecule has 0 saturated carbocycles. The first-order chi connectivity index (χ1) is 9.34. The molecule has 5 heteroatoms. The molecular formula is C15H20FN3O. The average Bonchev–Trinajstić information content (AvgIpc) is 2.76. The third-order valence-corrected chi connectivity index (χ3v) is 2.86. The lowest BCUT2D eigenvalue weighted by Gasteiger charge is -2.14. The first-order valence-electron chi connectivity index (χ1n) is 6.60. The molecule has 1 aromatic heterocycles. The Hall–Kier alpha value is -1.75. The molecule has 0 fully saturated rings. The van der Waals surface area contributed by atoms with Crippen LogP contribution in [0, 0.1) is 5.82 Å². The first-order valence-corrected chi connectivity index (χ1v) is 6.60. The van der Waals surface area contributed by atoms with Gasteiger partial charge in [0.25, 0.3) is 0 Å². The summed E-state index contributed by atoms with van der Waals surface area (Å²) >= 11 is 0. The van der Waals surface area contributed by atoms with Crippen molar-refractivity contribution in [3.63, 3.8) is 0 Å². The van der Waals surface area contributed by atoms with E-state index in [0.717, 1.165) is 5.56 Å². The second kappa shape index (κ2) is 5.71. The van der Waals surface area contributed by atoms with E-state index in [0.29, 0.717) is 24.8 Å². The Bertz CT molecular complexity index is 574. The number of benzene rings is 1. The van der Waals surface area contributed by atoms with E-state index in [4.69, 9.17) is 4.52 Å². The topological polar surface area (TPSA) is 42.2 Å². The molecule has 0 unspecified atom stereocenters. The van der Waals surface area contributed by atoms with E-state index in [-0.39, 0.29) is 11.2 Å². The molecule has 0 aliphatic carbocycles. The van der Waals surface area contributed by atoms with Crippen LogP contribution in [0.25, 0.3) is 0 Å². The molecule has 1 heterocycles. The highest BCUT2D eigenvalue weighted by Gasteiger charge is 2.22. The molecule has 108 valence electrons. The number of hydrogen-bond acceptors (Lipinski definition) is 4. The van der Waals surface area contributed by atoms with Crippen LogP contribution in [0.1, 0.15) is 38.0 Å². The van der Waals surface area contributed by atoms with Crippen molar-refractivity contribution in [2.45, 2.75) is 39.3 Å². The van der Waals surface area contributed by atoms with Crippen molar-refractivity contribution >= 4 is 0 Å². The Labute approximate surface area is 118 Å². The van der Waals surface area contributed by atoms with Gasteiger partial charge < -0.3 is 4.52 Å². The summed E-state index contributed by atoms with van der Waals surface area (Å²) in [5.74, 6) is 1.06. The van der Waals surface area contributed by atoms with Crippen LogP contribution in [-0.4, -0.2) is 22.1 Å². The van der Waals surface area contributed by atoms with Gasteiger partial charge >= 0.3 is 0 Å². The van der Waals surface area contributed by atoms with E-state index in [1.165, 1.54) is 12.1 Å². The van der Waals surface area contributed by atoms with Crippen LogP contribution < -0.4 is 0 Å². The normalized spacial score (nSPS) is 12.1. The van der Waals surface area contributed by atoms with Gasteiger partial charge in [-0.15, -0.1) is 0 Å². The molecule has 0 saturated heterocycles. The maximum absolute atomic E-state index is 13.1. The number of hydrogen-bond donors (Lipinski definition) is 0. The lowest BCUT2D eigenvalue weighted by Crippen LogP contribution is -2.18. The fraction of sp³-hybridized carbons (Fsp3) is 0.467. The molecule has 0 aliphatic heterocycles. The Morgan fingerprint density at radius 3 is 2.60 bits per heavy atom. The van der Waals surface area contributed by atoms with Crippen molar-refractivity contribution in [2.24, 2.45) is 0 Å². The fourth-order valence-electron chi connectivity index (χ4n) is 1.87. The number of rotatable bonds is 4. The van der Waals surface area contributed by atoms with E-state index in [1.54, 1.807) is 6.07 Å². The van der Waals surface area contributed by atoms with Crippen LogP contribution in [-0.2, 0) is 18.5 Å². The van der Waals surface area contributed by atoms with Gasteiger partial charge in [0.15, 0.2) is 5.82 Å². The molecule has 20 heavy (non-hydrogen) atoms. The maximum Gasteiger partial charge on any atom is 0.232 e. The monoisotopic (exact) mass is 277 g/mol. The molecule has 0 amide bonds. The smallest absolute Gasteiger partial charge is 0.232 e. The molecule has 2 aromatic rings. The number of halogens is 1. The SMILES string of the molecule is CN(Cc1cccc(F)c1)Cc1noc(C(C)(C)C)n1. The quantitative estimate of drug-likeness (QED) is 0.861. The van der Waals surface area contributed by atoms with E-state index < -0.39 is 0 Å². The van der Waals surface area contributed by atoms with Gasteiger partial charge in [0, 0.05) is 12.0 Å². The van der Waals surface area contributed by atoms with Crippen molar-refractivity contribution in [2.75, 3.05) is 7.05 Å². The van der Waals surface area contributed by atoms with Gasteiger partial charge in [-0.2, -0.15) is 4.98 Å². The summed E-state index contributed by atoms with van der Waals surface area (Å²) < 4.78 is 18.4. The summed E-state index contributed by atoms with van der Waals surface area (Å²) in [6.07, 6.45) is 0. The van der Waals surface area contributed by atoms with Crippen LogP contribution in [0.5, 0.6) is 0 Å². The first kappa shape index (κ1) is 14.7. The van der Waals surface area contributed by atoms with Gasteiger partial charge in [-0.1, -0.05) is 38.1 Å². The third-order valence-electron chi connectivity index (χ3n) is 2.86. The highest BCUT2D eigenvalue weighted by molar-refractivity contribution is 5.16. The summed E-state index contributed by atoms with van der Waals surface area (Å²) in [5, 5.41) is 3.98. The molecule has 0 atom stereocenters. The van der Waals surface area contributed by atoms with Gasteiger partial charge in [0.1, 0.15) is 5.82 Å². The highest BCUT2D eigenvalue weighted by Crippen LogP contribution is 2.20. The van der Waals surface area contributed by atoms with Crippen LogP contribution in [0.15, 0.2) is 28.8 Å². The van der Waals surface area contributed by atoms with Crippen LogP contribution in [0.3, 0.4) is 0 Å². The van der Waals surface area contributed by atoms with Crippen molar-refractivity contribution in [1.29, 1.82) is 0 Å². The van der Waals surface area contributed by atoms with Crippen LogP contribution in [0.4, 0.5) is 4.39 Å². The fourth-order valence-corrected chi connectivity index (χ4v) is 1.87. The molecule has 0 aliphatic rings. The molecule has 4 nitrogen and oxygen atoms in total. The van der Waals surface area contributed by atoms with Crippen molar-refractivity contribution in [3.8, 4) is 0 Å². The summed E-state index contributed by atoms with van der Waals surface area (Å²) in [6, 6.07) is 6.59. The minimum atomic E-state index is -0.217. The molecule has 2 rings (SSSR count). The minimum absolute atomic E-state index is 0.146. The van der Waals surface area contributed by atoms with E-state index in [9.17, 15) is 4.39 Å². The summed E-state index contributed by atoms with van der Waals surface area (Å²) in [6.45, 7) is 7.29. The molecule has 0 spiro atoms. The number of nitrogens with zero attached hydrogens (tertiary/aromatic N) is 3. The van der Waals surface area contributed by atoms with Crippen molar-refractivity contribution in [1.82, 2.24) is 15.0 Å². The Balaban J connectivity index is 1.98. The zero-order valence-electron chi connectivity index (χ0n) is 12.4. The Morgan fingerprint density at radius 2 is 2.00 bits per heavy atom. The van der Waals surface area contributed by atoms with E-state index >= 15 is 0 Å². The molecule has 0 bridgehead atoms. The second-order valence-corrected chi connectivity index (χ2v) is 6.07. The lowest BCUT2D eigenvalue weighted by molar-refractivity contribution is 0.292. The second-order valence-electron chi connectivity index (χ2n) is 6.07. The third kappa shape index (κ3) is 3.87. The zero-order chi connectivity index (χ0) is 14.8. The highest BCUT2D eigenvalue weighted by atomic mass is 19.1. The van der Waals surface area contributed by atoms with E-state index in [2.05, 4.69) is 10.1 Å². The van der Waals surface area contributed by atoms with E-state index in [1.807, 2.05) is 38.8 Å². The minimum Gasteiger partial charge on any atom is -0.339 e. The van der Waals surface area contributed by atoms with Crippen molar-refractivity contribution in [3.05, 3.63) is 47.4 Å². The van der Waals surface area contributed by atoms with Crippen LogP contribution in [0.2, 0.25) is 0 Å². The van der Waals surface area contributed by atoms with Crippen molar-refractivity contribution < 1.29 is 8.91 Å². The largest absolute Gasteiger partial charge is 0.339 e. The predicted octanol–water partition coefficient (Wildman–Crippen LogP) is 3.14. The predicted molar refractivity (Wildman–Crippen MR) is 74.6 cm³/mol.